The minimum atomic E-state index is -0.395. The van der Waals surface area contributed by atoms with Crippen molar-refractivity contribution >= 4 is 34.8 Å². The summed E-state index contributed by atoms with van der Waals surface area (Å²) >= 11 is 0. The third kappa shape index (κ3) is 4.41. The van der Waals surface area contributed by atoms with Gasteiger partial charge in [0.15, 0.2) is 17.4 Å². The van der Waals surface area contributed by atoms with Gasteiger partial charge in [0.1, 0.15) is 0 Å². The highest BCUT2D eigenvalue weighted by Gasteiger charge is 2.09. The first-order valence-corrected chi connectivity index (χ1v) is 7.43. The highest BCUT2D eigenvalue weighted by atomic mass is 16.3. The summed E-state index contributed by atoms with van der Waals surface area (Å²) in [6.07, 6.45) is 1.42. The zero-order chi connectivity index (χ0) is 17.6. The topological polar surface area (TPSA) is 109 Å². The van der Waals surface area contributed by atoms with Crippen molar-refractivity contribution in [2.75, 3.05) is 16.0 Å². The van der Waals surface area contributed by atoms with E-state index in [0.717, 1.165) is 5.69 Å². The molecule has 8 heteroatoms. The summed E-state index contributed by atoms with van der Waals surface area (Å²) in [5, 5.41) is 16.3. The monoisotopic (exact) mass is 337 g/mol. The molecule has 8 nitrogen and oxygen atoms in total. The number of carbonyl (C=O) groups excluding carboxylic acids is 2. The highest BCUT2D eigenvalue weighted by Crippen LogP contribution is 2.18. The molecule has 1 aromatic carbocycles. The lowest BCUT2D eigenvalue weighted by atomic mass is 10.2. The van der Waals surface area contributed by atoms with Crippen LogP contribution in [0.1, 0.15) is 17.5 Å². The average Bonchev–Trinajstić information content (AvgIpc) is 3.13. The van der Waals surface area contributed by atoms with Crippen LogP contribution in [0.15, 0.2) is 59.2 Å². The minimum absolute atomic E-state index is 0.126. The van der Waals surface area contributed by atoms with Crippen molar-refractivity contribution in [3.63, 3.8) is 0 Å². The fraction of sp³-hybridized carbons (Fsp3) is 0.0588. The Labute approximate surface area is 143 Å². The smallest absolute Gasteiger partial charge is 0.292 e. The fourth-order valence-electron chi connectivity index (χ4n) is 2.04. The summed E-state index contributed by atoms with van der Waals surface area (Å²) in [5.41, 5.74) is 1.50. The molecule has 0 aliphatic carbocycles. The lowest BCUT2D eigenvalue weighted by Crippen LogP contribution is -2.12. The van der Waals surface area contributed by atoms with Crippen LogP contribution in [0.25, 0.3) is 0 Å². The van der Waals surface area contributed by atoms with Gasteiger partial charge in [0.05, 0.1) is 6.26 Å². The van der Waals surface area contributed by atoms with Gasteiger partial charge < -0.3 is 20.4 Å². The van der Waals surface area contributed by atoms with E-state index < -0.39 is 5.91 Å². The first-order chi connectivity index (χ1) is 12.1. The van der Waals surface area contributed by atoms with Gasteiger partial charge >= 0.3 is 0 Å². The van der Waals surface area contributed by atoms with Gasteiger partial charge in [-0.2, -0.15) is 0 Å². The molecule has 2 heterocycles. The molecular weight excluding hydrogens is 322 g/mol. The van der Waals surface area contributed by atoms with Crippen molar-refractivity contribution in [1.29, 1.82) is 0 Å². The predicted molar refractivity (Wildman–Crippen MR) is 92.7 cm³/mol. The number of nitrogens with zero attached hydrogens (tertiary/aromatic N) is 2. The second kappa shape index (κ2) is 7.26. The number of furan rings is 1. The van der Waals surface area contributed by atoms with Gasteiger partial charge in [-0.3, -0.25) is 9.59 Å². The van der Waals surface area contributed by atoms with Gasteiger partial charge in [0.25, 0.3) is 5.91 Å². The maximum absolute atomic E-state index is 11.8. The van der Waals surface area contributed by atoms with E-state index in [9.17, 15) is 9.59 Å². The summed E-state index contributed by atoms with van der Waals surface area (Å²) in [6.45, 7) is 1.45. The van der Waals surface area contributed by atoms with Crippen molar-refractivity contribution < 1.29 is 14.0 Å². The number of hydrogen-bond acceptors (Lipinski definition) is 6. The second-order valence-corrected chi connectivity index (χ2v) is 5.12. The van der Waals surface area contributed by atoms with E-state index in [4.69, 9.17) is 4.42 Å². The van der Waals surface area contributed by atoms with Crippen LogP contribution >= 0.6 is 0 Å². The summed E-state index contributed by atoms with van der Waals surface area (Å²) in [4.78, 5) is 22.8. The zero-order valence-corrected chi connectivity index (χ0v) is 13.3. The van der Waals surface area contributed by atoms with E-state index in [1.54, 1.807) is 48.5 Å². The predicted octanol–water partition coefficient (Wildman–Crippen LogP) is 3.02. The van der Waals surface area contributed by atoms with Gasteiger partial charge in [-0.05, 0) is 48.5 Å². The maximum atomic E-state index is 11.8. The van der Waals surface area contributed by atoms with E-state index in [1.807, 2.05) is 0 Å². The Morgan fingerprint density at radius 3 is 2.16 bits per heavy atom. The molecule has 0 radical (unpaired) electrons. The summed E-state index contributed by atoms with van der Waals surface area (Å²) in [5.74, 6) is 0.506. The normalized spacial score (nSPS) is 10.1. The van der Waals surface area contributed by atoms with Crippen LogP contribution in [0.2, 0.25) is 0 Å². The third-order valence-corrected chi connectivity index (χ3v) is 3.13. The molecule has 2 amide bonds. The molecule has 0 spiro atoms. The van der Waals surface area contributed by atoms with Crippen LogP contribution < -0.4 is 16.0 Å². The molecule has 126 valence electrons. The number of rotatable bonds is 5. The van der Waals surface area contributed by atoms with Crippen molar-refractivity contribution in [3.05, 3.63) is 60.6 Å². The number of anilines is 4. The Bertz CT molecular complexity index is 858. The quantitative estimate of drug-likeness (QED) is 0.660. The van der Waals surface area contributed by atoms with Gasteiger partial charge in [-0.15, -0.1) is 10.2 Å². The third-order valence-electron chi connectivity index (χ3n) is 3.13. The Morgan fingerprint density at radius 1 is 0.880 bits per heavy atom. The molecule has 0 aliphatic rings. The number of hydrogen-bond donors (Lipinski definition) is 3. The molecule has 0 fully saturated rings. The molecule has 0 saturated carbocycles. The van der Waals surface area contributed by atoms with Crippen LogP contribution in [-0.2, 0) is 4.79 Å². The highest BCUT2D eigenvalue weighted by molar-refractivity contribution is 6.01. The summed E-state index contributed by atoms with van der Waals surface area (Å²) < 4.78 is 5.01. The Balaban J connectivity index is 1.60. The molecular formula is C17H15N5O3. The number of nitrogens with one attached hydrogen (secondary N) is 3. The van der Waals surface area contributed by atoms with Crippen molar-refractivity contribution in [2.45, 2.75) is 6.92 Å². The number of carbonyl (C=O) groups is 2. The van der Waals surface area contributed by atoms with Crippen LogP contribution in [0.5, 0.6) is 0 Å². The maximum Gasteiger partial charge on any atom is 0.292 e. The van der Waals surface area contributed by atoms with Crippen LogP contribution in [-0.4, -0.2) is 22.0 Å². The number of benzene rings is 1. The van der Waals surface area contributed by atoms with Crippen LogP contribution in [0.3, 0.4) is 0 Å². The molecule has 3 rings (SSSR count). The van der Waals surface area contributed by atoms with E-state index in [0.29, 0.717) is 17.3 Å². The van der Waals surface area contributed by atoms with Gasteiger partial charge in [-0.1, -0.05) is 0 Å². The molecule has 25 heavy (non-hydrogen) atoms. The van der Waals surface area contributed by atoms with E-state index in [2.05, 4.69) is 26.1 Å². The van der Waals surface area contributed by atoms with E-state index in [1.165, 1.54) is 13.2 Å². The molecule has 3 aromatic rings. The first kappa shape index (κ1) is 16.2. The average molecular weight is 337 g/mol. The first-order valence-electron chi connectivity index (χ1n) is 7.43. The molecule has 0 bridgehead atoms. The van der Waals surface area contributed by atoms with Crippen LogP contribution in [0, 0.1) is 0 Å². The van der Waals surface area contributed by atoms with E-state index >= 15 is 0 Å². The summed E-state index contributed by atoms with van der Waals surface area (Å²) in [6, 6.07) is 13.7. The van der Waals surface area contributed by atoms with Gasteiger partial charge in [0, 0.05) is 18.3 Å². The molecule has 0 saturated heterocycles. The number of aromatic nitrogens is 2. The zero-order valence-electron chi connectivity index (χ0n) is 13.3. The SMILES string of the molecule is CC(=O)Nc1ccc(Nc2ccc(NC(=O)c3ccco3)nn2)cc1. The fourth-order valence-corrected chi connectivity index (χ4v) is 2.04. The Kier molecular flexibility index (Phi) is 4.70. The molecule has 2 aromatic heterocycles. The standard InChI is InChI=1S/C17H15N5O3/c1-11(23)18-12-4-6-13(7-5-12)19-15-8-9-16(22-21-15)20-17(24)14-3-2-10-25-14/h2-10H,1H3,(H,18,23)(H,19,21)(H,20,22,24). The Morgan fingerprint density at radius 2 is 1.56 bits per heavy atom. The van der Waals surface area contributed by atoms with Crippen LogP contribution in [0.4, 0.5) is 23.0 Å². The lowest BCUT2D eigenvalue weighted by molar-refractivity contribution is -0.114. The molecule has 0 atom stereocenters. The molecule has 0 aliphatic heterocycles. The van der Waals surface area contributed by atoms with Gasteiger partial charge in [-0.25, -0.2) is 0 Å². The lowest BCUT2D eigenvalue weighted by Gasteiger charge is -2.07. The number of amides is 2. The molecule has 0 unspecified atom stereocenters. The minimum Gasteiger partial charge on any atom is -0.459 e. The second-order valence-electron chi connectivity index (χ2n) is 5.12. The largest absolute Gasteiger partial charge is 0.459 e. The van der Waals surface area contributed by atoms with E-state index in [-0.39, 0.29) is 11.7 Å². The van der Waals surface area contributed by atoms with Crippen molar-refractivity contribution in [3.8, 4) is 0 Å². The Hall–Kier alpha value is -3.68. The van der Waals surface area contributed by atoms with Crippen molar-refractivity contribution in [1.82, 2.24) is 10.2 Å². The van der Waals surface area contributed by atoms with Crippen molar-refractivity contribution in [2.24, 2.45) is 0 Å². The van der Waals surface area contributed by atoms with Gasteiger partial charge in [0.2, 0.25) is 5.91 Å². The summed E-state index contributed by atoms with van der Waals surface area (Å²) in [7, 11) is 0. The molecule has 3 N–H and O–H groups in total.